The minimum absolute atomic E-state index is 0.457. The molecule has 102 valence electrons. The number of amides is 1. The van der Waals surface area contributed by atoms with Crippen LogP contribution in [0.1, 0.15) is 12.8 Å². The fourth-order valence-corrected chi connectivity index (χ4v) is 3.05. The van der Waals surface area contributed by atoms with E-state index in [1.807, 2.05) is 6.07 Å². The smallest absolute Gasteiger partial charge is 0.407 e. The van der Waals surface area contributed by atoms with Gasteiger partial charge in [0.25, 0.3) is 0 Å². The first-order chi connectivity index (χ1) is 9.25. The van der Waals surface area contributed by atoms with Gasteiger partial charge in [-0.15, -0.1) is 0 Å². The monoisotopic (exact) mass is 261 g/mol. The molecule has 1 aromatic rings. The SMILES string of the molecule is O=C(O)N1CCC(N2CCNc3ccccc32)CC1. The van der Waals surface area contributed by atoms with Gasteiger partial charge in [-0.3, -0.25) is 0 Å². The van der Waals surface area contributed by atoms with Gasteiger partial charge in [0.1, 0.15) is 0 Å². The number of rotatable bonds is 1. The van der Waals surface area contributed by atoms with Crippen LogP contribution in [0.15, 0.2) is 24.3 Å². The number of piperidine rings is 1. The maximum absolute atomic E-state index is 10.9. The second-order valence-corrected chi connectivity index (χ2v) is 5.14. The number of nitrogens with one attached hydrogen (secondary N) is 1. The van der Waals surface area contributed by atoms with Crippen molar-refractivity contribution in [3.05, 3.63) is 24.3 Å². The van der Waals surface area contributed by atoms with Crippen molar-refractivity contribution in [2.75, 3.05) is 36.4 Å². The molecule has 5 nitrogen and oxygen atoms in total. The zero-order valence-corrected chi connectivity index (χ0v) is 10.9. The van der Waals surface area contributed by atoms with E-state index in [1.165, 1.54) is 16.3 Å². The lowest BCUT2D eigenvalue weighted by Crippen LogP contribution is -2.49. The average Bonchev–Trinajstić information content (AvgIpc) is 2.47. The van der Waals surface area contributed by atoms with Crippen LogP contribution in [0.3, 0.4) is 0 Å². The molecule has 0 aromatic heterocycles. The van der Waals surface area contributed by atoms with Gasteiger partial charge in [-0.05, 0) is 25.0 Å². The van der Waals surface area contributed by atoms with Gasteiger partial charge in [0, 0.05) is 32.2 Å². The highest BCUT2D eigenvalue weighted by Gasteiger charge is 2.29. The van der Waals surface area contributed by atoms with E-state index in [0.717, 1.165) is 25.9 Å². The van der Waals surface area contributed by atoms with E-state index in [4.69, 9.17) is 5.11 Å². The van der Waals surface area contributed by atoms with Crippen molar-refractivity contribution in [3.8, 4) is 0 Å². The second-order valence-electron chi connectivity index (χ2n) is 5.14. The molecule has 19 heavy (non-hydrogen) atoms. The lowest BCUT2D eigenvalue weighted by Gasteiger charge is -2.42. The Labute approximate surface area is 112 Å². The number of carbonyl (C=O) groups is 1. The van der Waals surface area contributed by atoms with Crippen LogP contribution < -0.4 is 10.2 Å². The van der Waals surface area contributed by atoms with Crippen molar-refractivity contribution < 1.29 is 9.90 Å². The lowest BCUT2D eigenvalue weighted by atomic mass is 10.0. The van der Waals surface area contributed by atoms with E-state index in [-0.39, 0.29) is 0 Å². The number of carboxylic acid groups (broad SMARTS) is 1. The van der Waals surface area contributed by atoms with Crippen LogP contribution in [0.4, 0.5) is 16.2 Å². The molecule has 5 heteroatoms. The summed E-state index contributed by atoms with van der Waals surface area (Å²) < 4.78 is 0. The summed E-state index contributed by atoms with van der Waals surface area (Å²) in [5.74, 6) is 0. The van der Waals surface area contributed by atoms with Crippen LogP contribution in [0.25, 0.3) is 0 Å². The summed E-state index contributed by atoms with van der Waals surface area (Å²) in [4.78, 5) is 14.9. The van der Waals surface area contributed by atoms with Crippen LogP contribution in [0.2, 0.25) is 0 Å². The minimum Gasteiger partial charge on any atom is -0.465 e. The van der Waals surface area contributed by atoms with Gasteiger partial charge in [-0.25, -0.2) is 4.79 Å². The highest BCUT2D eigenvalue weighted by molar-refractivity contribution is 5.72. The normalized spacial score (nSPS) is 19.8. The fourth-order valence-electron chi connectivity index (χ4n) is 3.05. The Morgan fingerprint density at radius 1 is 1.21 bits per heavy atom. The summed E-state index contributed by atoms with van der Waals surface area (Å²) in [6.45, 7) is 3.24. The third-order valence-corrected chi connectivity index (χ3v) is 4.06. The first-order valence-electron chi connectivity index (χ1n) is 6.83. The third-order valence-electron chi connectivity index (χ3n) is 4.06. The van der Waals surface area contributed by atoms with E-state index in [1.54, 1.807) is 0 Å². The second kappa shape index (κ2) is 4.99. The van der Waals surface area contributed by atoms with Gasteiger partial charge in [0.2, 0.25) is 0 Å². The van der Waals surface area contributed by atoms with Crippen molar-refractivity contribution in [3.63, 3.8) is 0 Å². The number of para-hydroxylation sites is 2. The molecular weight excluding hydrogens is 242 g/mol. The predicted octanol–water partition coefficient (Wildman–Crippen LogP) is 2.06. The molecule has 1 fully saturated rings. The molecule has 2 heterocycles. The number of likely N-dealkylation sites (tertiary alicyclic amines) is 1. The summed E-state index contributed by atoms with van der Waals surface area (Å²) >= 11 is 0. The van der Waals surface area contributed by atoms with E-state index in [0.29, 0.717) is 19.1 Å². The van der Waals surface area contributed by atoms with E-state index in [9.17, 15) is 4.79 Å². The van der Waals surface area contributed by atoms with Crippen LogP contribution in [-0.4, -0.2) is 48.3 Å². The van der Waals surface area contributed by atoms with Crippen molar-refractivity contribution in [2.24, 2.45) is 0 Å². The van der Waals surface area contributed by atoms with Crippen molar-refractivity contribution in [1.82, 2.24) is 4.90 Å². The summed E-state index contributed by atoms with van der Waals surface area (Å²) in [6, 6.07) is 8.81. The summed E-state index contributed by atoms with van der Waals surface area (Å²) in [6.07, 6.45) is 1.04. The summed E-state index contributed by atoms with van der Waals surface area (Å²) in [7, 11) is 0. The molecule has 1 aromatic carbocycles. The molecule has 1 saturated heterocycles. The van der Waals surface area contributed by atoms with Gasteiger partial charge in [-0.1, -0.05) is 12.1 Å². The van der Waals surface area contributed by atoms with Crippen LogP contribution in [0, 0.1) is 0 Å². The first-order valence-corrected chi connectivity index (χ1v) is 6.83. The van der Waals surface area contributed by atoms with Crippen molar-refractivity contribution >= 4 is 17.5 Å². The Hall–Kier alpha value is -1.91. The highest BCUT2D eigenvalue weighted by Crippen LogP contribution is 2.32. The van der Waals surface area contributed by atoms with Gasteiger partial charge < -0.3 is 20.2 Å². The maximum Gasteiger partial charge on any atom is 0.407 e. The number of benzene rings is 1. The lowest BCUT2D eigenvalue weighted by molar-refractivity contribution is 0.131. The Morgan fingerprint density at radius 3 is 2.68 bits per heavy atom. The summed E-state index contributed by atoms with van der Waals surface area (Å²) in [5, 5.41) is 12.4. The van der Waals surface area contributed by atoms with Crippen LogP contribution in [-0.2, 0) is 0 Å². The molecule has 0 radical (unpaired) electrons. The molecule has 3 rings (SSSR count). The Balaban J connectivity index is 1.73. The molecule has 0 spiro atoms. The van der Waals surface area contributed by atoms with Crippen LogP contribution >= 0.6 is 0 Å². The Kier molecular flexibility index (Phi) is 3.19. The van der Waals surface area contributed by atoms with Gasteiger partial charge in [0.05, 0.1) is 11.4 Å². The molecule has 0 aliphatic carbocycles. The molecule has 2 aliphatic rings. The molecule has 0 atom stereocenters. The molecule has 2 N–H and O–H groups in total. The number of fused-ring (bicyclic) bond motifs is 1. The molecule has 0 saturated carbocycles. The molecule has 0 bridgehead atoms. The minimum atomic E-state index is -0.792. The zero-order valence-electron chi connectivity index (χ0n) is 10.9. The Bertz CT molecular complexity index is 470. The summed E-state index contributed by atoms with van der Waals surface area (Å²) in [5.41, 5.74) is 2.44. The molecular formula is C14H19N3O2. The standard InChI is InChI=1S/C14H19N3O2/c18-14(19)16-8-5-11(6-9-16)17-10-7-15-12-3-1-2-4-13(12)17/h1-4,11,15H,5-10H2,(H,18,19). The van der Waals surface area contributed by atoms with Gasteiger partial charge in [-0.2, -0.15) is 0 Å². The average molecular weight is 261 g/mol. The maximum atomic E-state index is 10.9. The highest BCUT2D eigenvalue weighted by atomic mass is 16.4. The largest absolute Gasteiger partial charge is 0.465 e. The number of hydrogen-bond donors (Lipinski definition) is 2. The number of hydrogen-bond acceptors (Lipinski definition) is 3. The number of anilines is 2. The third kappa shape index (κ3) is 2.32. The fraction of sp³-hybridized carbons (Fsp3) is 0.500. The first kappa shape index (κ1) is 12.1. The Morgan fingerprint density at radius 2 is 1.95 bits per heavy atom. The van der Waals surface area contributed by atoms with Gasteiger partial charge in [0.15, 0.2) is 0 Å². The van der Waals surface area contributed by atoms with Crippen molar-refractivity contribution in [1.29, 1.82) is 0 Å². The van der Waals surface area contributed by atoms with E-state index >= 15 is 0 Å². The van der Waals surface area contributed by atoms with E-state index < -0.39 is 6.09 Å². The zero-order chi connectivity index (χ0) is 13.2. The number of nitrogens with zero attached hydrogens (tertiary/aromatic N) is 2. The van der Waals surface area contributed by atoms with Crippen molar-refractivity contribution in [2.45, 2.75) is 18.9 Å². The van der Waals surface area contributed by atoms with E-state index in [2.05, 4.69) is 28.4 Å². The van der Waals surface area contributed by atoms with Gasteiger partial charge >= 0.3 is 6.09 Å². The molecule has 2 aliphatic heterocycles. The predicted molar refractivity (Wildman–Crippen MR) is 74.9 cm³/mol. The molecule has 1 amide bonds. The topological polar surface area (TPSA) is 55.8 Å². The molecule has 0 unspecified atom stereocenters. The quantitative estimate of drug-likeness (QED) is 0.812. The van der Waals surface area contributed by atoms with Crippen LogP contribution in [0.5, 0.6) is 0 Å².